The maximum Gasteiger partial charge on any atom is -0.00756 e. The summed E-state index contributed by atoms with van der Waals surface area (Å²) in [6.07, 6.45) is 14.6. The van der Waals surface area contributed by atoms with Crippen LogP contribution in [-0.2, 0) is 0 Å². The highest BCUT2D eigenvalue weighted by Crippen LogP contribution is 2.02. The van der Waals surface area contributed by atoms with Gasteiger partial charge in [0.25, 0.3) is 0 Å². The van der Waals surface area contributed by atoms with E-state index in [9.17, 15) is 0 Å². The lowest BCUT2D eigenvalue weighted by Crippen LogP contribution is -1.80. The molecule has 0 radical (unpaired) electrons. The second-order valence-corrected chi connectivity index (χ2v) is 3.99. The highest BCUT2D eigenvalue weighted by molar-refractivity contribution is 5.21. The van der Waals surface area contributed by atoms with Crippen molar-refractivity contribution in [2.24, 2.45) is 5.92 Å². The van der Waals surface area contributed by atoms with Crippen molar-refractivity contribution in [3.8, 4) is 0 Å². The minimum absolute atomic E-state index is 0.467. The summed E-state index contributed by atoms with van der Waals surface area (Å²) in [5.41, 5.74) is 2.51. The minimum Gasteiger partial charge on any atom is -0.0988 e. The topological polar surface area (TPSA) is 0 Å². The Morgan fingerprint density at radius 3 is 2.00 bits per heavy atom. The van der Waals surface area contributed by atoms with Gasteiger partial charge in [0.05, 0.1) is 0 Å². The quantitative estimate of drug-likeness (QED) is 0.560. The van der Waals surface area contributed by atoms with E-state index in [1.54, 1.807) is 0 Å². The number of hydrogen-bond donors (Lipinski definition) is 0. The minimum atomic E-state index is 0.467. The molecule has 0 heterocycles. The third-order valence-corrected chi connectivity index (χ3v) is 1.94. The van der Waals surface area contributed by atoms with Crippen LogP contribution in [0.25, 0.3) is 0 Å². The molecule has 0 aromatic heterocycles. The molecule has 0 aliphatic heterocycles. The van der Waals surface area contributed by atoms with Crippen molar-refractivity contribution in [2.45, 2.75) is 27.7 Å². The largest absolute Gasteiger partial charge is 0.0988 e. The molecule has 0 heteroatoms. The van der Waals surface area contributed by atoms with Gasteiger partial charge in [-0.1, -0.05) is 67.2 Å². The second-order valence-electron chi connectivity index (χ2n) is 3.99. The van der Waals surface area contributed by atoms with Gasteiger partial charge in [0.15, 0.2) is 0 Å². The van der Waals surface area contributed by atoms with Crippen molar-refractivity contribution in [1.29, 1.82) is 0 Å². The van der Waals surface area contributed by atoms with Gasteiger partial charge in [-0.15, -0.1) is 0 Å². The van der Waals surface area contributed by atoms with E-state index < -0.39 is 0 Å². The van der Waals surface area contributed by atoms with Gasteiger partial charge in [-0.2, -0.15) is 0 Å². The van der Waals surface area contributed by atoms with Gasteiger partial charge in [-0.05, 0) is 26.7 Å². The summed E-state index contributed by atoms with van der Waals surface area (Å²) in [6.45, 7) is 12.1. The molecule has 0 rings (SSSR count). The summed E-state index contributed by atoms with van der Waals surface area (Å²) < 4.78 is 0. The number of allylic oxidation sites excluding steroid dienone is 9. The first-order valence-corrected chi connectivity index (χ1v) is 5.35. The van der Waals surface area contributed by atoms with Crippen molar-refractivity contribution >= 4 is 0 Å². The summed E-state index contributed by atoms with van der Waals surface area (Å²) in [6, 6.07) is 0. The Balaban J connectivity index is 4.14. The SMILES string of the molecule is C=C/C(C)=C/C=C/[C@@H](C)/C=C\C=C(C)C. The van der Waals surface area contributed by atoms with Crippen LogP contribution in [0.5, 0.6) is 0 Å². The smallest absolute Gasteiger partial charge is 0.00756 e. The fourth-order valence-electron chi connectivity index (χ4n) is 0.938. The molecule has 0 nitrogen and oxygen atoms in total. The first-order chi connectivity index (χ1) is 7.06. The van der Waals surface area contributed by atoms with Crippen LogP contribution in [0, 0.1) is 5.92 Å². The normalized spacial score (nSPS) is 14.5. The lowest BCUT2D eigenvalue weighted by molar-refractivity contribution is 0.940. The maximum atomic E-state index is 3.70. The van der Waals surface area contributed by atoms with E-state index in [-0.39, 0.29) is 0 Å². The molecule has 0 N–H and O–H groups in total. The van der Waals surface area contributed by atoms with Gasteiger partial charge < -0.3 is 0 Å². The monoisotopic (exact) mass is 202 g/mol. The van der Waals surface area contributed by atoms with E-state index in [2.05, 4.69) is 63.8 Å². The second kappa shape index (κ2) is 8.05. The average molecular weight is 202 g/mol. The predicted octanol–water partition coefficient (Wildman–Crippen LogP) is 4.83. The Hall–Kier alpha value is -1.30. The molecule has 0 spiro atoms. The molecule has 0 aromatic carbocycles. The first kappa shape index (κ1) is 13.7. The van der Waals surface area contributed by atoms with E-state index in [1.165, 1.54) is 11.1 Å². The molecule has 82 valence electrons. The third-order valence-electron chi connectivity index (χ3n) is 1.94. The molecule has 0 aliphatic carbocycles. The molecule has 0 unspecified atom stereocenters. The Bertz CT molecular complexity index is 294. The standard InChI is InChI=1S/C15H22/c1-6-14(4)10-8-12-15(5)11-7-9-13(2)3/h6-12,15H,1H2,2-5H3/b11-7-,12-8+,14-10+/t15-/m0/s1. The van der Waals surface area contributed by atoms with Gasteiger partial charge in [-0.3, -0.25) is 0 Å². The Labute approximate surface area is 94.4 Å². The van der Waals surface area contributed by atoms with Crippen LogP contribution < -0.4 is 0 Å². The summed E-state index contributed by atoms with van der Waals surface area (Å²) in [5, 5.41) is 0. The predicted molar refractivity (Wildman–Crippen MR) is 70.8 cm³/mol. The molecule has 0 bridgehead atoms. The van der Waals surface area contributed by atoms with Crippen LogP contribution in [0.2, 0.25) is 0 Å². The van der Waals surface area contributed by atoms with Crippen LogP contribution in [0.3, 0.4) is 0 Å². The molecule has 0 aliphatic rings. The average Bonchev–Trinajstić information content (AvgIpc) is 2.17. The molecule has 0 saturated carbocycles. The van der Waals surface area contributed by atoms with Crippen molar-refractivity contribution in [1.82, 2.24) is 0 Å². The number of rotatable bonds is 5. The molecule has 1 atom stereocenters. The van der Waals surface area contributed by atoms with Gasteiger partial charge in [0, 0.05) is 0 Å². The van der Waals surface area contributed by atoms with Gasteiger partial charge in [-0.25, -0.2) is 0 Å². The summed E-state index contributed by atoms with van der Waals surface area (Å²) >= 11 is 0. The molecular weight excluding hydrogens is 180 g/mol. The van der Waals surface area contributed by atoms with Crippen molar-refractivity contribution in [3.05, 3.63) is 60.3 Å². The van der Waals surface area contributed by atoms with Crippen LogP contribution >= 0.6 is 0 Å². The Morgan fingerprint density at radius 2 is 1.53 bits per heavy atom. The highest BCUT2D eigenvalue weighted by atomic mass is 13.9. The first-order valence-electron chi connectivity index (χ1n) is 5.35. The molecule has 0 aromatic rings. The molecule has 0 fully saturated rings. The lowest BCUT2D eigenvalue weighted by Gasteiger charge is -1.95. The fraction of sp³-hybridized carbons (Fsp3) is 0.333. The highest BCUT2D eigenvalue weighted by Gasteiger charge is 1.86. The van der Waals surface area contributed by atoms with E-state index in [0.29, 0.717) is 5.92 Å². The van der Waals surface area contributed by atoms with E-state index >= 15 is 0 Å². The van der Waals surface area contributed by atoms with Gasteiger partial charge >= 0.3 is 0 Å². The van der Waals surface area contributed by atoms with E-state index in [0.717, 1.165) is 0 Å². The van der Waals surface area contributed by atoms with E-state index in [1.807, 2.05) is 13.0 Å². The fourth-order valence-corrected chi connectivity index (χ4v) is 0.938. The maximum absolute atomic E-state index is 3.70. The molecule has 0 saturated heterocycles. The van der Waals surface area contributed by atoms with Crippen LogP contribution in [-0.4, -0.2) is 0 Å². The third kappa shape index (κ3) is 9.01. The van der Waals surface area contributed by atoms with Crippen LogP contribution in [0.4, 0.5) is 0 Å². The summed E-state index contributed by atoms with van der Waals surface area (Å²) in [7, 11) is 0. The summed E-state index contributed by atoms with van der Waals surface area (Å²) in [5.74, 6) is 0.467. The Kier molecular flexibility index (Phi) is 7.35. The van der Waals surface area contributed by atoms with Crippen molar-refractivity contribution in [3.63, 3.8) is 0 Å². The Morgan fingerprint density at radius 1 is 1.00 bits per heavy atom. The van der Waals surface area contributed by atoms with Crippen LogP contribution in [0.15, 0.2) is 60.3 Å². The lowest BCUT2D eigenvalue weighted by atomic mass is 10.1. The molecule has 15 heavy (non-hydrogen) atoms. The van der Waals surface area contributed by atoms with Crippen LogP contribution in [0.1, 0.15) is 27.7 Å². The zero-order valence-corrected chi connectivity index (χ0v) is 10.3. The molecular formula is C15H22. The van der Waals surface area contributed by atoms with Crippen molar-refractivity contribution < 1.29 is 0 Å². The molecule has 0 amide bonds. The van der Waals surface area contributed by atoms with Crippen molar-refractivity contribution in [2.75, 3.05) is 0 Å². The zero-order valence-electron chi connectivity index (χ0n) is 10.3. The zero-order chi connectivity index (χ0) is 11.7. The van der Waals surface area contributed by atoms with Gasteiger partial charge in [0.1, 0.15) is 0 Å². The summed E-state index contributed by atoms with van der Waals surface area (Å²) in [4.78, 5) is 0. The van der Waals surface area contributed by atoms with E-state index in [4.69, 9.17) is 0 Å². The van der Waals surface area contributed by atoms with Gasteiger partial charge in [0.2, 0.25) is 0 Å². The number of hydrogen-bond acceptors (Lipinski definition) is 0.